The summed E-state index contributed by atoms with van der Waals surface area (Å²) >= 11 is 1.64. The average molecular weight is 261 g/mol. The standard InChI is InChI=1S/C13H15N3OS/c1-9-7-18-8-11(9)6-16-13(17)10-2-3-15-12(4-10)5-14/h2-4,7-8H,5-6,14H2,1H3,(H,16,17). The van der Waals surface area contributed by atoms with Crippen molar-refractivity contribution in [2.75, 3.05) is 0 Å². The first kappa shape index (κ1) is 12.7. The predicted octanol–water partition coefficient (Wildman–Crippen LogP) is 1.84. The third-order valence-electron chi connectivity index (χ3n) is 2.69. The van der Waals surface area contributed by atoms with Crippen LogP contribution in [0, 0.1) is 6.92 Å². The van der Waals surface area contributed by atoms with Gasteiger partial charge in [0.1, 0.15) is 0 Å². The molecule has 0 aromatic carbocycles. The van der Waals surface area contributed by atoms with Gasteiger partial charge in [-0.25, -0.2) is 0 Å². The van der Waals surface area contributed by atoms with Crippen LogP contribution in [0.25, 0.3) is 0 Å². The van der Waals surface area contributed by atoms with E-state index in [1.807, 2.05) is 12.3 Å². The van der Waals surface area contributed by atoms with Gasteiger partial charge in [-0.2, -0.15) is 11.3 Å². The SMILES string of the molecule is Cc1cscc1CNC(=O)c1ccnc(CN)c1. The van der Waals surface area contributed by atoms with Crippen LogP contribution in [0.3, 0.4) is 0 Å². The van der Waals surface area contributed by atoms with Gasteiger partial charge >= 0.3 is 0 Å². The molecule has 0 bridgehead atoms. The molecular formula is C13H15N3OS. The lowest BCUT2D eigenvalue weighted by Crippen LogP contribution is -2.23. The van der Waals surface area contributed by atoms with Gasteiger partial charge in [-0.15, -0.1) is 0 Å². The lowest BCUT2D eigenvalue weighted by Gasteiger charge is -2.06. The van der Waals surface area contributed by atoms with Gasteiger partial charge in [-0.3, -0.25) is 9.78 Å². The second kappa shape index (κ2) is 5.75. The van der Waals surface area contributed by atoms with E-state index in [0.29, 0.717) is 18.7 Å². The highest BCUT2D eigenvalue weighted by Crippen LogP contribution is 2.13. The number of carbonyl (C=O) groups is 1. The summed E-state index contributed by atoms with van der Waals surface area (Å²) in [6.07, 6.45) is 1.60. The van der Waals surface area contributed by atoms with Gasteiger partial charge in [0.05, 0.1) is 5.69 Å². The van der Waals surface area contributed by atoms with Crippen molar-refractivity contribution in [3.63, 3.8) is 0 Å². The predicted molar refractivity (Wildman–Crippen MR) is 72.4 cm³/mol. The first-order valence-electron chi connectivity index (χ1n) is 5.65. The number of nitrogens with one attached hydrogen (secondary N) is 1. The molecule has 0 fully saturated rings. The second-order valence-corrected chi connectivity index (χ2v) is 4.75. The van der Waals surface area contributed by atoms with Crippen molar-refractivity contribution in [2.24, 2.45) is 5.73 Å². The third kappa shape index (κ3) is 2.94. The Morgan fingerprint density at radius 2 is 2.33 bits per heavy atom. The molecule has 4 nitrogen and oxygen atoms in total. The molecule has 0 radical (unpaired) electrons. The molecule has 0 unspecified atom stereocenters. The van der Waals surface area contributed by atoms with Crippen molar-refractivity contribution < 1.29 is 4.79 Å². The van der Waals surface area contributed by atoms with E-state index in [0.717, 1.165) is 11.3 Å². The number of hydrogen-bond acceptors (Lipinski definition) is 4. The number of aromatic nitrogens is 1. The summed E-state index contributed by atoms with van der Waals surface area (Å²) in [5, 5.41) is 7.01. The van der Waals surface area contributed by atoms with Gasteiger partial charge in [0.15, 0.2) is 0 Å². The fraction of sp³-hybridized carbons (Fsp3) is 0.231. The van der Waals surface area contributed by atoms with Crippen LogP contribution >= 0.6 is 11.3 Å². The van der Waals surface area contributed by atoms with E-state index in [9.17, 15) is 4.79 Å². The van der Waals surface area contributed by atoms with Crippen molar-refractivity contribution in [1.29, 1.82) is 0 Å². The zero-order valence-electron chi connectivity index (χ0n) is 10.1. The Labute approximate surface area is 110 Å². The number of hydrogen-bond donors (Lipinski definition) is 2. The maximum Gasteiger partial charge on any atom is 0.251 e. The molecule has 18 heavy (non-hydrogen) atoms. The molecule has 2 rings (SSSR count). The Balaban J connectivity index is 2.01. The van der Waals surface area contributed by atoms with E-state index >= 15 is 0 Å². The zero-order valence-corrected chi connectivity index (χ0v) is 11.0. The summed E-state index contributed by atoms with van der Waals surface area (Å²) in [6, 6.07) is 3.41. The fourth-order valence-corrected chi connectivity index (χ4v) is 2.43. The quantitative estimate of drug-likeness (QED) is 0.882. The van der Waals surface area contributed by atoms with Crippen LogP contribution in [0.4, 0.5) is 0 Å². The summed E-state index contributed by atoms with van der Waals surface area (Å²) in [7, 11) is 0. The van der Waals surface area contributed by atoms with Crippen molar-refractivity contribution in [1.82, 2.24) is 10.3 Å². The summed E-state index contributed by atoms with van der Waals surface area (Å²) in [6.45, 7) is 2.93. The van der Waals surface area contributed by atoms with Crippen molar-refractivity contribution in [2.45, 2.75) is 20.0 Å². The average Bonchev–Trinajstić information content (AvgIpc) is 2.81. The molecule has 0 saturated carbocycles. The molecule has 0 atom stereocenters. The summed E-state index contributed by atoms with van der Waals surface area (Å²) in [5.41, 5.74) is 9.17. The first-order valence-corrected chi connectivity index (χ1v) is 6.60. The Hall–Kier alpha value is -1.72. The van der Waals surface area contributed by atoms with Crippen LogP contribution in [0.1, 0.15) is 27.2 Å². The number of pyridine rings is 1. The molecule has 0 aliphatic rings. The van der Waals surface area contributed by atoms with E-state index in [-0.39, 0.29) is 5.91 Å². The smallest absolute Gasteiger partial charge is 0.251 e. The molecule has 3 N–H and O–H groups in total. The number of nitrogens with zero attached hydrogens (tertiary/aromatic N) is 1. The Bertz CT molecular complexity index is 551. The highest BCUT2D eigenvalue weighted by atomic mass is 32.1. The van der Waals surface area contributed by atoms with Crippen molar-refractivity contribution >= 4 is 17.2 Å². The summed E-state index contributed by atoms with van der Waals surface area (Å²) < 4.78 is 0. The molecule has 0 aliphatic carbocycles. The van der Waals surface area contributed by atoms with E-state index in [1.165, 1.54) is 5.56 Å². The molecule has 0 saturated heterocycles. The number of nitrogens with two attached hydrogens (primary N) is 1. The molecular weight excluding hydrogens is 246 g/mol. The van der Waals surface area contributed by atoms with Crippen LogP contribution in [0.15, 0.2) is 29.1 Å². The first-order chi connectivity index (χ1) is 8.70. The van der Waals surface area contributed by atoms with Crippen LogP contribution in [0.2, 0.25) is 0 Å². The molecule has 2 aromatic heterocycles. The third-order valence-corrected chi connectivity index (χ3v) is 3.60. The van der Waals surface area contributed by atoms with E-state index < -0.39 is 0 Å². The summed E-state index contributed by atoms with van der Waals surface area (Å²) in [4.78, 5) is 16.0. The zero-order chi connectivity index (χ0) is 13.0. The summed E-state index contributed by atoms with van der Waals surface area (Å²) in [5.74, 6) is -0.0994. The number of thiophene rings is 1. The maximum atomic E-state index is 11.9. The van der Waals surface area contributed by atoms with E-state index in [4.69, 9.17) is 5.73 Å². The van der Waals surface area contributed by atoms with Crippen LogP contribution in [-0.4, -0.2) is 10.9 Å². The van der Waals surface area contributed by atoms with Crippen LogP contribution in [-0.2, 0) is 13.1 Å². The highest BCUT2D eigenvalue weighted by Gasteiger charge is 2.07. The fourth-order valence-electron chi connectivity index (χ4n) is 1.58. The Morgan fingerprint density at radius 3 is 3.00 bits per heavy atom. The minimum Gasteiger partial charge on any atom is -0.348 e. The topological polar surface area (TPSA) is 68.0 Å². The minimum atomic E-state index is -0.0994. The molecule has 2 aromatic rings. The number of rotatable bonds is 4. The molecule has 0 spiro atoms. The second-order valence-electron chi connectivity index (χ2n) is 4.00. The van der Waals surface area contributed by atoms with E-state index in [1.54, 1.807) is 29.7 Å². The van der Waals surface area contributed by atoms with Gasteiger partial charge < -0.3 is 11.1 Å². The lowest BCUT2D eigenvalue weighted by molar-refractivity contribution is 0.0950. The molecule has 94 valence electrons. The Morgan fingerprint density at radius 1 is 1.50 bits per heavy atom. The Kier molecular flexibility index (Phi) is 4.07. The molecule has 1 amide bonds. The minimum absolute atomic E-state index is 0.0994. The van der Waals surface area contributed by atoms with Crippen molar-refractivity contribution in [3.05, 3.63) is 51.5 Å². The number of carbonyl (C=O) groups excluding carboxylic acids is 1. The van der Waals surface area contributed by atoms with Crippen LogP contribution < -0.4 is 11.1 Å². The highest BCUT2D eigenvalue weighted by molar-refractivity contribution is 7.08. The lowest BCUT2D eigenvalue weighted by atomic mass is 10.2. The maximum absolute atomic E-state index is 11.9. The normalized spacial score (nSPS) is 10.3. The van der Waals surface area contributed by atoms with Gasteiger partial charge in [0.25, 0.3) is 5.91 Å². The van der Waals surface area contributed by atoms with E-state index in [2.05, 4.69) is 15.7 Å². The number of aryl methyl sites for hydroxylation is 1. The van der Waals surface area contributed by atoms with Gasteiger partial charge in [-0.1, -0.05) is 0 Å². The monoisotopic (exact) mass is 261 g/mol. The van der Waals surface area contributed by atoms with Crippen LogP contribution in [0.5, 0.6) is 0 Å². The molecule has 5 heteroatoms. The largest absolute Gasteiger partial charge is 0.348 e. The van der Waals surface area contributed by atoms with Crippen molar-refractivity contribution in [3.8, 4) is 0 Å². The van der Waals surface area contributed by atoms with Gasteiger partial charge in [0, 0.05) is 24.8 Å². The van der Waals surface area contributed by atoms with Gasteiger partial charge in [-0.05, 0) is 40.9 Å². The number of amides is 1. The molecule has 2 heterocycles. The molecule has 0 aliphatic heterocycles. The van der Waals surface area contributed by atoms with Gasteiger partial charge in [0.2, 0.25) is 0 Å².